The van der Waals surface area contributed by atoms with Crippen molar-refractivity contribution in [2.45, 2.75) is 38.5 Å². The molecule has 0 N–H and O–H groups in total. The minimum absolute atomic E-state index is 0.475. The van der Waals surface area contributed by atoms with Gasteiger partial charge in [-0.05, 0) is 145 Å². The molecule has 0 aromatic heterocycles. The molecule has 290 valence electrons. The molecule has 6 aromatic rings. The maximum absolute atomic E-state index is 11.5. The third kappa shape index (κ3) is 11.6. The van der Waals surface area contributed by atoms with Crippen LogP contribution in [0.2, 0.25) is 0 Å². The maximum Gasteiger partial charge on any atom is 0.335 e. The smallest absolute Gasteiger partial charge is 0.335 e. The van der Waals surface area contributed by atoms with E-state index in [1.807, 2.05) is 36.4 Å². The van der Waals surface area contributed by atoms with Crippen molar-refractivity contribution in [2.75, 3.05) is 4.90 Å². The van der Waals surface area contributed by atoms with Crippen LogP contribution in [0.25, 0.3) is 0 Å². The fourth-order valence-electron chi connectivity index (χ4n) is 6.39. The fourth-order valence-corrected chi connectivity index (χ4v) is 6.39. The van der Waals surface area contributed by atoms with Gasteiger partial charge in [0, 0.05) is 35.3 Å². The van der Waals surface area contributed by atoms with E-state index in [0.717, 1.165) is 90.5 Å². The van der Waals surface area contributed by atoms with Gasteiger partial charge in [0.05, 0.1) is 0 Å². The van der Waals surface area contributed by atoms with E-state index in [1.54, 1.807) is 36.4 Å². The molecule has 0 fully saturated rings. The van der Waals surface area contributed by atoms with Gasteiger partial charge < -0.3 is 19.1 Å². The number of hydrogen-bond donors (Lipinski definition) is 0. The van der Waals surface area contributed by atoms with E-state index in [9.17, 15) is 14.4 Å². The highest BCUT2D eigenvalue weighted by Gasteiger charge is 2.14. The van der Waals surface area contributed by atoms with Crippen LogP contribution < -0.4 is 19.1 Å². The first-order chi connectivity index (χ1) is 28.3. The molecule has 0 aliphatic carbocycles. The maximum atomic E-state index is 11.5. The molecule has 0 radical (unpaired) electrons. The van der Waals surface area contributed by atoms with E-state index >= 15 is 0 Å². The van der Waals surface area contributed by atoms with E-state index in [2.05, 4.69) is 97.4 Å². The summed E-state index contributed by atoms with van der Waals surface area (Å²) in [5.41, 5.74) is 10.3. The standard InChI is InChI=1S/C51H45NO6/c1-4-49(53)56-46-31-19-40(20-32-46)10-7-37-13-25-43(26-14-37)52(44-27-15-38(16-28-44)8-11-41-21-33-47(34-22-41)57-50(54)5-2)45-29-17-39(18-30-45)9-12-42-23-35-48(36-24-42)58-51(55)6-3/h4-6,13-36H,1-3,7-12H2. The Morgan fingerprint density at radius 1 is 0.345 bits per heavy atom. The van der Waals surface area contributed by atoms with Gasteiger partial charge in [-0.3, -0.25) is 0 Å². The summed E-state index contributed by atoms with van der Waals surface area (Å²) in [5.74, 6) is 0.0735. The van der Waals surface area contributed by atoms with E-state index in [1.165, 1.54) is 16.7 Å². The van der Waals surface area contributed by atoms with Crippen molar-refractivity contribution in [1.82, 2.24) is 0 Å². The number of carbonyl (C=O) groups excluding carboxylic acids is 3. The van der Waals surface area contributed by atoms with E-state index in [0.29, 0.717) is 17.2 Å². The number of benzene rings is 6. The van der Waals surface area contributed by atoms with Crippen LogP contribution in [0.4, 0.5) is 17.1 Å². The molecular formula is C51H45NO6. The second kappa shape index (κ2) is 20.1. The molecule has 6 rings (SSSR count). The Kier molecular flexibility index (Phi) is 14.0. The van der Waals surface area contributed by atoms with Gasteiger partial charge in [0.1, 0.15) is 17.2 Å². The molecule has 0 aliphatic rings. The van der Waals surface area contributed by atoms with Gasteiger partial charge in [-0.15, -0.1) is 0 Å². The lowest BCUT2D eigenvalue weighted by Crippen LogP contribution is -2.10. The number of anilines is 3. The fraction of sp³-hybridized carbons (Fsp3) is 0.118. The van der Waals surface area contributed by atoms with Gasteiger partial charge in [-0.1, -0.05) is 92.5 Å². The molecular weight excluding hydrogens is 723 g/mol. The Hall–Kier alpha value is -7.25. The van der Waals surface area contributed by atoms with Gasteiger partial charge in [0.25, 0.3) is 0 Å². The molecule has 0 spiro atoms. The van der Waals surface area contributed by atoms with Crippen LogP contribution in [0, 0.1) is 0 Å². The first-order valence-electron chi connectivity index (χ1n) is 19.1. The number of esters is 3. The second-order valence-corrected chi connectivity index (χ2v) is 13.6. The molecule has 0 amide bonds. The Morgan fingerprint density at radius 3 is 0.724 bits per heavy atom. The molecule has 7 nitrogen and oxygen atoms in total. The summed E-state index contributed by atoms with van der Waals surface area (Å²) < 4.78 is 15.6. The lowest BCUT2D eigenvalue weighted by molar-refractivity contribution is -0.129. The number of rotatable bonds is 18. The number of aryl methyl sites for hydroxylation is 6. The summed E-state index contributed by atoms with van der Waals surface area (Å²) in [6.45, 7) is 10.3. The molecule has 0 atom stereocenters. The van der Waals surface area contributed by atoms with E-state index in [-0.39, 0.29) is 0 Å². The van der Waals surface area contributed by atoms with Gasteiger partial charge in [0.15, 0.2) is 0 Å². The topological polar surface area (TPSA) is 82.1 Å². The number of ether oxygens (including phenoxy) is 3. The minimum Gasteiger partial charge on any atom is -0.423 e. The van der Waals surface area contributed by atoms with Gasteiger partial charge in [-0.2, -0.15) is 0 Å². The summed E-state index contributed by atoms with van der Waals surface area (Å²) >= 11 is 0. The van der Waals surface area contributed by atoms with Gasteiger partial charge >= 0.3 is 17.9 Å². The molecule has 6 aromatic carbocycles. The van der Waals surface area contributed by atoms with E-state index in [4.69, 9.17) is 14.2 Å². The molecule has 7 heteroatoms. The van der Waals surface area contributed by atoms with Crippen LogP contribution in [0.1, 0.15) is 33.4 Å². The highest BCUT2D eigenvalue weighted by atomic mass is 16.5. The first-order valence-corrected chi connectivity index (χ1v) is 19.1. The Morgan fingerprint density at radius 2 is 0.534 bits per heavy atom. The predicted octanol–water partition coefficient (Wildman–Crippen LogP) is 10.8. The molecule has 0 heterocycles. The average molecular weight is 768 g/mol. The zero-order valence-corrected chi connectivity index (χ0v) is 32.3. The number of carbonyl (C=O) groups is 3. The van der Waals surface area contributed by atoms with Crippen LogP contribution in [0.5, 0.6) is 17.2 Å². The third-order valence-electron chi connectivity index (χ3n) is 9.62. The first kappa shape index (κ1) is 40.4. The molecule has 0 bridgehead atoms. The SMILES string of the molecule is C=CC(=O)Oc1ccc(CCc2ccc(N(c3ccc(CCc4ccc(OC(=O)C=C)cc4)cc3)c3ccc(CCc4ccc(OC(=O)C=C)cc4)cc3)cc2)cc1. The normalized spacial score (nSPS) is 10.6. The van der Waals surface area contributed by atoms with Crippen molar-refractivity contribution in [3.05, 3.63) is 217 Å². The summed E-state index contributed by atoms with van der Waals surface area (Å²) in [6, 6.07) is 48.8. The predicted molar refractivity (Wildman–Crippen MR) is 230 cm³/mol. The average Bonchev–Trinajstić information content (AvgIpc) is 3.27. The second-order valence-electron chi connectivity index (χ2n) is 13.6. The molecule has 58 heavy (non-hydrogen) atoms. The third-order valence-corrected chi connectivity index (χ3v) is 9.62. The monoisotopic (exact) mass is 767 g/mol. The lowest BCUT2D eigenvalue weighted by Gasteiger charge is -2.26. The zero-order valence-electron chi connectivity index (χ0n) is 32.3. The molecule has 0 saturated carbocycles. The van der Waals surface area contributed by atoms with Crippen LogP contribution in [0.15, 0.2) is 184 Å². The van der Waals surface area contributed by atoms with Crippen molar-refractivity contribution in [3.63, 3.8) is 0 Å². The van der Waals surface area contributed by atoms with Crippen molar-refractivity contribution in [1.29, 1.82) is 0 Å². The van der Waals surface area contributed by atoms with Crippen molar-refractivity contribution >= 4 is 35.0 Å². The number of nitrogens with zero attached hydrogens (tertiary/aromatic N) is 1. The largest absolute Gasteiger partial charge is 0.423 e. The Balaban J connectivity index is 1.15. The number of hydrogen-bond acceptors (Lipinski definition) is 7. The quantitative estimate of drug-likeness (QED) is 0.0489. The lowest BCUT2D eigenvalue weighted by atomic mass is 10.0. The van der Waals surface area contributed by atoms with Crippen LogP contribution in [-0.4, -0.2) is 17.9 Å². The highest BCUT2D eigenvalue weighted by Crippen LogP contribution is 2.35. The van der Waals surface area contributed by atoms with E-state index < -0.39 is 17.9 Å². The molecule has 0 unspecified atom stereocenters. The Bertz CT molecular complexity index is 2060. The minimum atomic E-state index is -0.475. The van der Waals surface area contributed by atoms with Crippen LogP contribution >= 0.6 is 0 Å². The summed E-state index contributed by atoms with van der Waals surface area (Å²) in [6.07, 6.45) is 8.58. The summed E-state index contributed by atoms with van der Waals surface area (Å²) in [4.78, 5) is 36.8. The van der Waals surface area contributed by atoms with Gasteiger partial charge in [0.2, 0.25) is 0 Å². The van der Waals surface area contributed by atoms with Crippen LogP contribution in [0.3, 0.4) is 0 Å². The van der Waals surface area contributed by atoms with Crippen molar-refractivity contribution < 1.29 is 28.6 Å². The highest BCUT2D eigenvalue weighted by molar-refractivity contribution is 5.84. The molecule has 0 saturated heterocycles. The zero-order chi connectivity index (χ0) is 40.7. The molecule has 0 aliphatic heterocycles. The van der Waals surface area contributed by atoms with Crippen molar-refractivity contribution in [2.24, 2.45) is 0 Å². The summed E-state index contributed by atoms with van der Waals surface area (Å²) in [5, 5.41) is 0. The van der Waals surface area contributed by atoms with Crippen molar-refractivity contribution in [3.8, 4) is 17.2 Å². The summed E-state index contributed by atoms with van der Waals surface area (Å²) in [7, 11) is 0. The Labute approximate surface area is 340 Å². The van der Waals surface area contributed by atoms with Crippen LogP contribution in [-0.2, 0) is 52.9 Å². The van der Waals surface area contributed by atoms with Gasteiger partial charge in [-0.25, -0.2) is 14.4 Å².